The van der Waals surface area contributed by atoms with Gasteiger partial charge in [-0.25, -0.2) is 4.79 Å². The predicted molar refractivity (Wildman–Crippen MR) is 128 cm³/mol. The zero-order chi connectivity index (χ0) is 28.6. The Kier molecular flexibility index (Phi) is 9.17. The maximum atomic E-state index is 12.7. The molecule has 7 nitrogen and oxygen atoms in total. The van der Waals surface area contributed by atoms with Gasteiger partial charge < -0.3 is 20.0 Å². The smallest absolute Gasteiger partial charge is 0.416 e. The van der Waals surface area contributed by atoms with Crippen LogP contribution in [-0.4, -0.2) is 36.4 Å². The summed E-state index contributed by atoms with van der Waals surface area (Å²) in [6.45, 7) is 0.205. The van der Waals surface area contributed by atoms with Crippen molar-refractivity contribution in [3.8, 4) is 5.75 Å². The van der Waals surface area contributed by atoms with Crippen LogP contribution in [0, 0.1) is 0 Å². The minimum absolute atomic E-state index is 0.0991. The Hall–Kier alpha value is -4.55. The minimum Gasteiger partial charge on any atom is -0.493 e. The summed E-state index contributed by atoms with van der Waals surface area (Å²) >= 11 is 0. The van der Waals surface area contributed by atoms with E-state index in [2.05, 4.69) is 10.5 Å². The predicted octanol–water partition coefficient (Wildman–Crippen LogP) is 6.49. The topological polar surface area (TPSA) is 97.2 Å². The number of nitrogens with one attached hydrogen (secondary N) is 1. The number of anilines is 1. The molecule has 0 radical (unpaired) electrons. The summed E-state index contributed by atoms with van der Waals surface area (Å²) in [7, 11) is 0. The van der Waals surface area contributed by atoms with Gasteiger partial charge in [-0.1, -0.05) is 17.3 Å². The third kappa shape index (κ3) is 8.48. The highest BCUT2D eigenvalue weighted by Crippen LogP contribution is 2.30. The van der Waals surface area contributed by atoms with E-state index in [1.54, 1.807) is 0 Å². The van der Waals surface area contributed by atoms with Crippen LogP contribution in [0.3, 0.4) is 0 Å². The Morgan fingerprint density at radius 2 is 1.44 bits per heavy atom. The van der Waals surface area contributed by atoms with Gasteiger partial charge in [0.15, 0.2) is 0 Å². The molecule has 0 aliphatic heterocycles. The van der Waals surface area contributed by atoms with Crippen LogP contribution >= 0.6 is 0 Å². The number of nitrogens with zero attached hydrogens (tertiary/aromatic N) is 1. The molecule has 0 spiro atoms. The second-order valence-corrected chi connectivity index (χ2v) is 7.93. The lowest BCUT2D eigenvalue weighted by molar-refractivity contribution is -0.138. The van der Waals surface area contributed by atoms with E-state index < -0.39 is 35.4 Å². The van der Waals surface area contributed by atoms with Crippen molar-refractivity contribution >= 4 is 23.8 Å². The van der Waals surface area contributed by atoms with Gasteiger partial charge in [0.1, 0.15) is 12.4 Å². The number of amides is 1. The molecule has 3 rings (SSSR count). The number of oxime groups is 1. The van der Waals surface area contributed by atoms with Crippen LogP contribution in [0.5, 0.6) is 5.75 Å². The first kappa shape index (κ1) is 29.0. The van der Waals surface area contributed by atoms with E-state index in [4.69, 9.17) is 9.57 Å². The second-order valence-electron chi connectivity index (χ2n) is 7.93. The molecule has 0 saturated carbocycles. The van der Waals surface area contributed by atoms with Crippen molar-refractivity contribution < 1.29 is 50.6 Å². The summed E-state index contributed by atoms with van der Waals surface area (Å²) in [4.78, 5) is 29.1. The standard InChI is InChI=1S/C26H20F6N2O5/c27-25(28,29)18-6-2-16(3-7-18)15-33-39-13-1-12-38-20-10-11-21(24(36)37)22(14-20)34-23(35)17-4-8-19(9-5-17)26(30,31)32/h2-11,14-15H,1,12-13H2,(H,34,35)(H,36,37). The molecule has 0 heterocycles. The number of carbonyl (C=O) groups excluding carboxylic acids is 1. The van der Waals surface area contributed by atoms with Crippen LogP contribution < -0.4 is 10.1 Å². The Morgan fingerprint density at radius 3 is 2.00 bits per heavy atom. The number of hydrogen-bond acceptors (Lipinski definition) is 5. The van der Waals surface area contributed by atoms with Crippen LogP contribution in [0.25, 0.3) is 0 Å². The first-order valence-electron chi connectivity index (χ1n) is 11.2. The van der Waals surface area contributed by atoms with Crippen LogP contribution in [0.2, 0.25) is 0 Å². The summed E-state index contributed by atoms with van der Waals surface area (Å²) in [6.07, 6.45) is -7.42. The highest BCUT2D eigenvalue weighted by atomic mass is 19.4. The fraction of sp³-hybridized carbons (Fsp3) is 0.192. The van der Waals surface area contributed by atoms with Gasteiger partial charge in [0.05, 0.1) is 35.2 Å². The number of alkyl halides is 6. The van der Waals surface area contributed by atoms with Crippen molar-refractivity contribution in [3.05, 3.63) is 94.5 Å². The number of rotatable bonds is 10. The molecule has 0 unspecified atom stereocenters. The van der Waals surface area contributed by atoms with E-state index in [9.17, 15) is 41.0 Å². The molecule has 0 bridgehead atoms. The molecule has 0 atom stereocenters. The molecule has 3 aromatic carbocycles. The lowest BCUT2D eigenvalue weighted by Crippen LogP contribution is -2.15. The number of hydrogen-bond donors (Lipinski definition) is 2. The normalized spacial score (nSPS) is 11.8. The zero-order valence-corrected chi connectivity index (χ0v) is 19.8. The largest absolute Gasteiger partial charge is 0.493 e. The number of carboxylic acids is 1. The van der Waals surface area contributed by atoms with E-state index in [0.29, 0.717) is 12.0 Å². The maximum Gasteiger partial charge on any atom is 0.416 e. The molecule has 3 aromatic rings. The second kappa shape index (κ2) is 12.3. The third-order valence-corrected chi connectivity index (χ3v) is 5.11. The molecule has 0 aromatic heterocycles. The molecule has 0 aliphatic carbocycles. The van der Waals surface area contributed by atoms with Crippen molar-refractivity contribution in [1.29, 1.82) is 0 Å². The van der Waals surface area contributed by atoms with Gasteiger partial charge >= 0.3 is 18.3 Å². The van der Waals surface area contributed by atoms with Gasteiger partial charge in [-0.2, -0.15) is 26.3 Å². The quantitative estimate of drug-likeness (QED) is 0.129. The Balaban J connectivity index is 1.52. The summed E-state index contributed by atoms with van der Waals surface area (Å²) in [5.74, 6) is -1.96. The molecule has 13 heteroatoms. The zero-order valence-electron chi connectivity index (χ0n) is 19.8. The first-order chi connectivity index (χ1) is 18.3. The average molecular weight is 554 g/mol. The van der Waals surface area contributed by atoms with Crippen molar-refractivity contribution in [2.75, 3.05) is 18.5 Å². The van der Waals surface area contributed by atoms with Crippen LogP contribution in [0.1, 0.15) is 43.8 Å². The van der Waals surface area contributed by atoms with Crippen LogP contribution in [0.15, 0.2) is 71.9 Å². The molecule has 0 aliphatic rings. The van der Waals surface area contributed by atoms with E-state index in [1.807, 2.05) is 0 Å². The average Bonchev–Trinajstić information content (AvgIpc) is 2.87. The molecule has 1 amide bonds. The third-order valence-electron chi connectivity index (χ3n) is 5.11. The monoisotopic (exact) mass is 554 g/mol. The molecule has 2 N–H and O–H groups in total. The highest BCUT2D eigenvalue weighted by Gasteiger charge is 2.31. The molecule has 206 valence electrons. The number of ether oxygens (including phenoxy) is 1. The van der Waals surface area contributed by atoms with E-state index in [1.165, 1.54) is 36.5 Å². The fourth-order valence-corrected chi connectivity index (χ4v) is 3.13. The van der Waals surface area contributed by atoms with E-state index >= 15 is 0 Å². The molecular formula is C26H20F6N2O5. The van der Waals surface area contributed by atoms with Gasteiger partial charge in [-0.3, -0.25) is 4.79 Å². The number of carboxylic acid groups (broad SMARTS) is 1. The van der Waals surface area contributed by atoms with E-state index in [-0.39, 0.29) is 35.8 Å². The van der Waals surface area contributed by atoms with Crippen molar-refractivity contribution in [1.82, 2.24) is 0 Å². The molecule has 0 fully saturated rings. The van der Waals surface area contributed by atoms with E-state index in [0.717, 1.165) is 36.4 Å². The number of aromatic carboxylic acids is 1. The Morgan fingerprint density at radius 1 is 0.846 bits per heavy atom. The molecule has 39 heavy (non-hydrogen) atoms. The van der Waals surface area contributed by atoms with Crippen molar-refractivity contribution in [3.63, 3.8) is 0 Å². The summed E-state index contributed by atoms with van der Waals surface area (Å²) < 4.78 is 81.4. The summed E-state index contributed by atoms with van der Waals surface area (Å²) in [6, 6.07) is 11.6. The highest BCUT2D eigenvalue weighted by molar-refractivity contribution is 6.07. The fourth-order valence-electron chi connectivity index (χ4n) is 3.13. The molecular weight excluding hydrogens is 534 g/mol. The lowest BCUT2D eigenvalue weighted by Gasteiger charge is -2.12. The number of benzene rings is 3. The van der Waals surface area contributed by atoms with Crippen molar-refractivity contribution in [2.24, 2.45) is 5.16 Å². The van der Waals surface area contributed by atoms with Gasteiger partial charge in [-0.05, 0) is 54.1 Å². The number of halogens is 6. The lowest BCUT2D eigenvalue weighted by atomic mass is 10.1. The van der Waals surface area contributed by atoms with Gasteiger partial charge in [0.25, 0.3) is 5.91 Å². The molecule has 0 saturated heterocycles. The first-order valence-corrected chi connectivity index (χ1v) is 11.2. The Bertz CT molecular complexity index is 1320. The van der Waals surface area contributed by atoms with Gasteiger partial charge in [0, 0.05) is 18.1 Å². The van der Waals surface area contributed by atoms with Crippen molar-refractivity contribution in [2.45, 2.75) is 18.8 Å². The number of carbonyl (C=O) groups is 2. The van der Waals surface area contributed by atoms with Gasteiger partial charge in [-0.15, -0.1) is 0 Å². The Labute approximate surface area is 217 Å². The minimum atomic E-state index is -4.57. The summed E-state index contributed by atoms with van der Waals surface area (Å²) in [5.41, 5.74) is -1.81. The van der Waals surface area contributed by atoms with Crippen LogP contribution in [-0.2, 0) is 17.2 Å². The van der Waals surface area contributed by atoms with Gasteiger partial charge in [0.2, 0.25) is 0 Å². The maximum absolute atomic E-state index is 12.7. The van der Waals surface area contributed by atoms with Crippen LogP contribution in [0.4, 0.5) is 32.0 Å². The SMILES string of the molecule is O=C(Nc1cc(OCCCON=Cc2ccc(C(F)(F)F)cc2)ccc1C(=O)O)c1ccc(C(F)(F)F)cc1. The summed E-state index contributed by atoms with van der Waals surface area (Å²) in [5, 5.41) is 15.4.